The molecule has 0 amide bonds. The number of benzene rings is 2. The van der Waals surface area contributed by atoms with E-state index in [2.05, 4.69) is 30.0 Å². The first-order chi connectivity index (χ1) is 16.8. The Labute approximate surface area is 211 Å². The van der Waals surface area contributed by atoms with E-state index >= 15 is 0 Å². The second kappa shape index (κ2) is 10.8. The van der Waals surface area contributed by atoms with Crippen molar-refractivity contribution in [2.45, 2.75) is 17.0 Å². The second-order valence-electron chi connectivity index (χ2n) is 7.22. The average molecular weight is 527 g/mol. The van der Waals surface area contributed by atoms with Crippen LogP contribution in [0.15, 0.2) is 83.1 Å². The number of anilines is 3. The molecular weight excluding hydrogens is 508 g/mol. The number of rotatable bonds is 9. The summed E-state index contributed by atoms with van der Waals surface area (Å²) in [6.45, 7) is 1.74. The Kier molecular flexibility index (Phi) is 7.59. The lowest BCUT2D eigenvalue weighted by Crippen LogP contribution is -2.15. The van der Waals surface area contributed by atoms with Crippen LogP contribution in [0.2, 0.25) is 5.02 Å². The SMILES string of the molecule is Cc1ccnc(NS(=O)(=O)c2ccc(Nc3ccnc(SCC(=O)c4ccc(Cl)cc4)n3)cc2)n1. The zero-order chi connectivity index (χ0) is 24.8. The molecule has 178 valence electrons. The molecule has 0 aliphatic carbocycles. The predicted molar refractivity (Wildman–Crippen MR) is 136 cm³/mol. The summed E-state index contributed by atoms with van der Waals surface area (Å²) in [7, 11) is -3.84. The minimum Gasteiger partial charge on any atom is -0.340 e. The number of aromatic nitrogens is 4. The highest BCUT2D eigenvalue weighted by atomic mass is 35.5. The lowest BCUT2D eigenvalue weighted by molar-refractivity contribution is 0.102. The molecule has 0 aliphatic rings. The Morgan fingerprint density at radius 3 is 2.37 bits per heavy atom. The zero-order valence-electron chi connectivity index (χ0n) is 18.3. The fourth-order valence-electron chi connectivity index (χ4n) is 2.87. The first kappa shape index (κ1) is 24.6. The zero-order valence-corrected chi connectivity index (χ0v) is 20.7. The number of nitrogens with one attached hydrogen (secondary N) is 2. The predicted octanol–water partition coefficient (Wildman–Crippen LogP) is 4.75. The van der Waals surface area contributed by atoms with Crippen LogP contribution in [0, 0.1) is 6.92 Å². The van der Waals surface area contributed by atoms with Gasteiger partial charge in [0.1, 0.15) is 5.82 Å². The molecule has 0 saturated carbocycles. The van der Waals surface area contributed by atoms with Gasteiger partial charge in [-0.05, 0) is 67.6 Å². The number of hydrogen-bond acceptors (Lipinski definition) is 9. The number of nitrogens with zero attached hydrogens (tertiary/aromatic N) is 4. The van der Waals surface area contributed by atoms with Gasteiger partial charge in [0.2, 0.25) is 5.95 Å². The molecule has 4 rings (SSSR count). The summed E-state index contributed by atoms with van der Waals surface area (Å²) in [6.07, 6.45) is 3.06. The van der Waals surface area contributed by atoms with E-state index in [0.717, 1.165) is 0 Å². The molecule has 0 saturated heterocycles. The number of thioether (sulfide) groups is 1. The smallest absolute Gasteiger partial charge is 0.264 e. The molecule has 9 nitrogen and oxygen atoms in total. The largest absolute Gasteiger partial charge is 0.340 e. The van der Waals surface area contributed by atoms with Crippen molar-refractivity contribution in [2.24, 2.45) is 0 Å². The number of sulfonamides is 1. The van der Waals surface area contributed by atoms with Gasteiger partial charge in [-0.2, -0.15) is 0 Å². The van der Waals surface area contributed by atoms with Gasteiger partial charge in [0, 0.05) is 34.4 Å². The molecule has 0 atom stereocenters. The van der Waals surface area contributed by atoms with Crippen LogP contribution in [0.5, 0.6) is 0 Å². The van der Waals surface area contributed by atoms with E-state index in [-0.39, 0.29) is 22.4 Å². The second-order valence-corrected chi connectivity index (χ2v) is 10.3. The van der Waals surface area contributed by atoms with Crippen LogP contribution in [0.3, 0.4) is 0 Å². The normalized spacial score (nSPS) is 11.1. The number of Topliss-reactive ketones (excluding diaryl/α,β-unsaturated/α-hetero) is 1. The maximum absolute atomic E-state index is 12.6. The molecule has 0 spiro atoms. The van der Waals surface area contributed by atoms with Gasteiger partial charge in [-0.1, -0.05) is 23.4 Å². The highest BCUT2D eigenvalue weighted by molar-refractivity contribution is 7.99. The Bertz CT molecular complexity index is 1450. The van der Waals surface area contributed by atoms with Gasteiger partial charge in [0.25, 0.3) is 10.0 Å². The summed E-state index contributed by atoms with van der Waals surface area (Å²) < 4.78 is 27.6. The number of hydrogen-bond donors (Lipinski definition) is 2. The van der Waals surface area contributed by atoms with E-state index in [1.807, 2.05) is 0 Å². The van der Waals surface area contributed by atoms with Crippen molar-refractivity contribution < 1.29 is 13.2 Å². The molecule has 35 heavy (non-hydrogen) atoms. The molecule has 0 radical (unpaired) electrons. The fourth-order valence-corrected chi connectivity index (χ4v) is 4.67. The standard InChI is InChI=1S/C23H19ClN6O3S2/c1-15-10-12-25-22(27-15)30-35(32,33)19-8-6-18(7-9-19)28-21-11-13-26-23(29-21)34-14-20(31)16-2-4-17(24)5-3-16/h2-13H,14H2,1H3,(H,25,27,30)(H,26,28,29). The molecule has 2 heterocycles. The van der Waals surface area contributed by atoms with Crippen molar-refractivity contribution in [2.75, 3.05) is 15.8 Å². The maximum Gasteiger partial charge on any atom is 0.264 e. The van der Waals surface area contributed by atoms with Crippen LogP contribution in [-0.2, 0) is 10.0 Å². The Balaban J connectivity index is 1.38. The number of halogens is 1. The lowest BCUT2D eigenvalue weighted by Gasteiger charge is -2.09. The fraction of sp³-hybridized carbons (Fsp3) is 0.0870. The van der Waals surface area contributed by atoms with E-state index in [9.17, 15) is 13.2 Å². The van der Waals surface area contributed by atoms with Crippen molar-refractivity contribution in [3.05, 3.63) is 89.3 Å². The number of ketones is 1. The first-order valence-electron chi connectivity index (χ1n) is 10.2. The lowest BCUT2D eigenvalue weighted by atomic mass is 10.1. The van der Waals surface area contributed by atoms with Crippen molar-refractivity contribution >= 4 is 56.6 Å². The Morgan fingerprint density at radius 1 is 0.943 bits per heavy atom. The summed E-state index contributed by atoms with van der Waals surface area (Å²) in [5.41, 5.74) is 1.84. The molecule has 0 bridgehead atoms. The first-order valence-corrected chi connectivity index (χ1v) is 13.1. The summed E-state index contributed by atoms with van der Waals surface area (Å²) in [5, 5.41) is 4.10. The molecule has 2 N–H and O–H groups in total. The maximum atomic E-state index is 12.6. The highest BCUT2D eigenvalue weighted by Gasteiger charge is 2.16. The van der Waals surface area contributed by atoms with Crippen LogP contribution >= 0.6 is 23.4 Å². The van der Waals surface area contributed by atoms with Gasteiger partial charge in [-0.25, -0.2) is 33.1 Å². The van der Waals surface area contributed by atoms with Crippen LogP contribution in [0.4, 0.5) is 17.5 Å². The molecule has 0 unspecified atom stereocenters. The van der Waals surface area contributed by atoms with E-state index in [1.54, 1.807) is 61.7 Å². The van der Waals surface area contributed by atoms with Crippen LogP contribution in [0.1, 0.15) is 16.1 Å². The summed E-state index contributed by atoms with van der Waals surface area (Å²) in [5.74, 6) is 0.626. The van der Waals surface area contributed by atoms with E-state index in [0.29, 0.717) is 32.9 Å². The van der Waals surface area contributed by atoms with Gasteiger partial charge in [-0.3, -0.25) is 4.79 Å². The number of aryl methyl sites for hydroxylation is 1. The molecule has 0 aliphatic heterocycles. The van der Waals surface area contributed by atoms with E-state index in [4.69, 9.17) is 11.6 Å². The van der Waals surface area contributed by atoms with E-state index in [1.165, 1.54) is 30.1 Å². The summed E-state index contributed by atoms with van der Waals surface area (Å²) in [4.78, 5) is 29.0. The van der Waals surface area contributed by atoms with Crippen LogP contribution in [-0.4, -0.2) is 39.9 Å². The third-order valence-corrected chi connectivity index (χ3v) is 7.05. The van der Waals surface area contributed by atoms with Gasteiger partial charge < -0.3 is 5.32 Å². The molecule has 0 fully saturated rings. The summed E-state index contributed by atoms with van der Waals surface area (Å²) in [6, 6.07) is 16.2. The topological polar surface area (TPSA) is 127 Å². The van der Waals surface area contributed by atoms with Crippen molar-refractivity contribution in [1.29, 1.82) is 0 Å². The highest BCUT2D eigenvalue weighted by Crippen LogP contribution is 2.22. The van der Waals surface area contributed by atoms with Gasteiger partial charge in [0.05, 0.1) is 10.6 Å². The number of carbonyl (C=O) groups excluding carboxylic acids is 1. The van der Waals surface area contributed by atoms with Crippen LogP contribution in [0.25, 0.3) is 0 Å². The van der Waals surface area contributed by atoms with Crippen LogP contribution < -0.4 is 10.0 Å². The van der Waals surface area contributed by atoms with Crippen molar-refractivity contribution in [3.63, 3.8) is 0 Å². The molecular formula is C23H19ClN6O3S2. The molecule has 12 heteroatoms. The monoisotopic (exact) mass is 526 g/mol. The van der Waals surface area contributed by atoms with Crippen molar-refractivity contribution in [3.8, 4) is 0 Å². The third kappa shape index (κ3) is 6.75. The minimum absolute atomic E-state index is 0.00719. The van der Waals surface area contributed by atoms with Gasteiger partial charge in [0.15, 0.2) is 10.9 Å². The Hall–Kier alpha value is -3.54. The Morgan fingerprint density at radius 2 is 1.66 bits per heavy atom. The van der Waals surface area contributed by atoms with Gasteiger partial charge >= 0.3 is 0 Å². The minimum atomic E-state index is -3.84. The molecule has 4 aromatic rings. The third-order valence-electron chi connectivity index (χ3n) is 4.59. The van der Waals surface area contributed by atoms with E-state index < -0.39 is 10.0 Å². The molecule has 2 aromatic carbocycles. The number of carbonyl (C=O) groups is 1. The average Bonchev–Trinajstić information content (AvgIpc) is 2.83. The van der Waals surface area contributed by atoms with Gasteiger partial charge in [-0.15, -0.1) is 0 Å². The quantitative estimate of drug-likeness (QED) is 0.180. The molecule has 2 aromatic heterocycles. The summed E-state index contributed by atoms with van der Waals surface area (Å²) >= 11 is 7.08. The van der Waals surface area contributed by atoms with Crippen molar-refractivity contribution in [1.82, 2.24) is 19.9 Å².